The van der Waals surface area contributed by atoms with Crippen molar-refractivity contribution in [1.29, 1.82) is 0 Å². The Balaban J connectivity index is 2.53. The second-order valence-corrected chi connectivity index (χ2v) is 3.63. The average molecular weight is 199 g/mol. The van der Waals surface area contributed by atoms with Gasteiger partial charge in [0.25, 0.3) is 0 Å². The minimum Gasteiger partial charge on any atom is -0.344 e. The first-order chi connectivity index (χ1) is 7.18. The van der Waals surface area contributed by atoms with Crippen molar-refractivity contribution in [1.82, 2.24) is 4.57 Å². The van der Waals surface area contributed by atoms with Gasteiger partial charge in [-0.05, 0) is 31.2 Å². The molecular weight excluding hydrogens is 186 g/mol. The molecule has 0 bridgehead atoms. The van der Waals surface area contributed by atoms with Gasteiger partial charge in [-0.25, -0.2) is 0 Å². The van der Waals surface area contributed by atoms with Crippen molar-refractivity contribution < 1.29 is 4.79 Å². The SMILES string of the molecule is CC(=O)C=Cc1cc2ccccc2n1C. The molecule has 0 unspecified atom stereocenters. The molecule has 15 heavy (non-hydrogen) atoms. The van der Waals surface area contributed by atoms with Crippen LogP contribution in [0.25, 0.3) is 17.0 Å². The van der Waals surface area contributed by atoms with Crippen LogP contribution in [-0.4, -0.2) is 10.4 Å². The zero-order valence-electron chi connectivity index (χ0n) is 8.90. The summed E-state index contributed by atoms with van der Waals surface area (Å²) >= 11 is 0. The maximum absolute atomic E-state index is 10.8. The molecule has 0 amide bonds. The summed E-state index contributed by atoms with van der Waals surface area (Å²) < 4.78 is 2.08. The highest BCUT2D eigenvalue weighted by molar-refractivity contribution is 5.92. The Morgan fingerprint density at radius 3 is 2.73 bits per heavy atom. The summed E-state index contributed by atoms with van der Waals surface area (Å²) in [5.41, 5.74) is 2.23. The monoisotopic (exact) mass is 199 g/mol. The number of aromatic nitrogens is 1. The van der Waals surface area contributed by atoms with E-state index < -0.39 is 0 Å². The summed E-state index contributed by atoms with van der Waals surface area (Å²) in [5.74, 6) is 0.0697. The Morgan fingerprint density at radius 2 is 2.07 bits per heavy atom. The average Bonchev–Trinajstić information content (AvgIpc) is 2.54. The Labute approximate surface area is 88.8 Å². The summed E-state index contributed by atoms with van der Waals surface area (Å²) in [6.45, 7) is 1.55. The van der Waals surface area contributed by atoms with Crippen molar-refractivity contribution in [3.05, 3.63) is 42.1 Å². The molecule has 0 fully saturated rings. The van der Waals surface area contributed by atoms with Crippen LogP contribution >= 0.6 is 0 Å². The van der Waals surface area contributed by atoms with E-state index in [-0.39, 0.29) is 5.78 Å². The van der Waals surface area contributed by atoms with Gasteiger partial charge < -0.3 is 4.57 Å². The summed E-state index contributed by atoms with van der Waals surface area (Å²) in [6.07, 6.45) is 3.44. The Morgan fingerprint density at radius 1 is 1.33 bits per heavy atom. The van der Waals surface area contributed by atoms with E-state index in [9.17, 15) is 4.79 Å². The number of ketones is 1. The van der Waals surface area contributed by atoms with E-state index in [1.54, 1.807) is 13.0 Å². The zero-order chi connectivity index (χ0) is 10.8. The van der Waals surface area contributed by atoms with E-state index in [4.69, 9.17) is 0 Å². The van der Waals surface area contributed by atoms with E-state index >= 15 is 0 Å². The lowest BCUT2D eigenvalue weighted by Crippen LogP contribution is -1.90. The van der Waals surface area contributed by atoms with Crippen molar-refractivity contribution in [2.75, 3.05) is 0 Å². The van der Waals surface area contributed by atoms with Crippen molar-refractivity contribution in [3.8, 4) is 0 Å². The predicted octanol–water partition coefficient (Wildman–Crippen LogP) is 2.78. The number of aryl methyl sites for hydroxylation is 1. The molecule has 1 aromatic carbocycles. The van der Waals surface area contributed by atoms with Crippen molar-refractivity contribution in [2.24, 2.45) is 7.05 Å². The van der Waals surface area contributed by atoms with E-state index in [2.05, 4.69) is 22.8 Å². The molecule has 76 valence electrons. The predicted molar refractivity (Wildman–Crippen MR) is 62.6 cm³/mol. The number of nitrogens with zero attached hydrogens (tertiary/aromatic N) is 1. The van der Waals surface area contributed by atoms with E-state index in [0.29, 0.717) is 0 Å². The fourth-order valence-corrected chi connectivity index (χ4v) is 1.67. The molecule has 0 atom stereocenters. The van der Waals surface area contributed by atoms with Gasteiger partial charge in [-0.2, -0.15) is 0 Å². The lowest BCUT2D eigenvalue weighted by Gasteiger charge is -1.98. The molecule has 2 aromatic rings. The number of benzene rings is 1. The lowest BCUT2D eigenvalue weighted by molar-refractivity contribution is -0.112. The Hall–Kier alpha value is -1.83. The van der Waals surface area contributed by atoms with Crippen LogP contribution in [0.15, 0.2) is 36.4 Å². The smallest absolute Gasteiger partial charge is 0.152 e. The fraction of sp³-hybridized carbons (Fsp3) is 0.154. The number of fused-ring (bicyclic) bond motifs is 1. The second kappa shape index (κ2) is 3.73. The van der Waals surface area contributed by atoms with Crippen LogP contribution in [0.1, 0.15) is 12.6 Å². The van der Waals surface area contributed by atoms with Gasteiger partial charge in [0.2, 0.25) is 0 Å². The first kappa shape index (κ1) is 9.71. The lowest BCUT2D eigenvalue weighted by atomic mass is 10.2. The highest BCUT2D eigenvalue weighted by Crippen LogP contribution is 2.18. The normalized spacial score (nSPS) is 11.3. The van der Waals surface area contributed by atoms with Crippen LogP contribution in [0.4, 0.5) is 0 Å². The third kappa shape index (κ3) is 1.84. The van der Waals surface area contributed by atoms with Gasteiger partial charge in [0.05, 0.1) is 0 Å². The van der Waals surface area contributed by atoms with Crippen LogP contribution in [0.5, 0.6) is 0 Å². The topological polar surface area (TPSA) is 22.0 Å². The summed E-state index contributed by atoms with van der Waals surface area (Å²) in [6, 6.07) is 10.2. The van der Waals surface area contributed by atoms with Gasteiger partial charge >= 0.3 is 0 Å². The molecule has 0 spiro atoms. The number of hydrogen-bond donors (Lipinski definition) is 0. The fourth-order valence-electron chi connectivity index (χ4n) is 1.67. The molecule has 0 aliphatic rings. The maximum Gasteiger partial charge on any atom is 0.152 e. The highest BCUT2D eigenvalue weighted by Gasteiger charge is 2.01. The van der Waals surface area contributed by atoms with E-state index in [1.165, 1.54) is 10.9 Å². The van der Waals surface area contributed by atoms with Crippen molar-refractivity contribution >= 4 is 22.8 Å². The van der Waals surface area contributed by atoms with Gasteiger partial charge in [0, 0.05) is 23.6 Å². The number of allylic oxidation sites excluding steroid dienone is 1. The van der Waals surface area contributed by atoms with E-state index in [1.807, 2.05) is 25.3 Å². The molecule has 2 heteroatoms. The molecule has 0 radical (unpaired) electrons. The molecule has 1 heterocycles. The molecular formula is C13H13NO. The van der Waals surface area contributed by atoms with Crippen LogP contribution in [0.3, 0.4) is 0 Å². The highest BCUT2D eigenvalue weighted by atomic mass is 16.1. The molecule has 0 saturated carbocycles. The third-order valence-corrected chi connectivity index (χ3v) is 2.48. The molecule has 0 aliphatic carbocycles. The summed E-state index contributed by atoms with van der Waals surface area (Å²) in [7, 11) is 2.00. The van der Waals surface area contributed by atoms with Gasteiger partial charge in [-0.15, -0.1) is 0 Å². The number of para-hydroxylation sites is 1. The zero-order valence-corrected chi connectivity index (χ0v) is 8.90. The molecule has 0 N–H and O–H groups in total. The quantitative estimate of drug-likeness (QED) is 0.682. The first-order valence-corrected chi connectivity index (χ1v) is 4.91. The second-order valence-electron chi connectivity index (χ2n) is 3.63. The third-order valence-electron chi connectivity index (χ3n) is 2.48. The summed E-state index contributed by atoms with van der Waals surface area (Å²) in [5, 5.41) is 1.20. The molecule has 1 aromatic heterocycles. The van der Waals surface area contributed by atoms with Crippen LogP contribution in [0.2, 0.25) is 0 Å². The van der Waals surface area contributed by atoms with Crippen molar-refractivity contribution in [3.63, 3.8) is 0 Å². The Bertz CT molecular complexity index is 534. The molecule has 0 aliphatic heterocycles. The number of rotatable bonds is 2. The largest absolute Gasteiger partial charge is 0.344 e. The van der Waals surface area contributed by atoms with Gasteiger partial charge in [0.1, 0.15) is 0 Å². The minimum atomic E-state index is 0.0697. The molecule has 2 rings (SSSR count). The van der Waals surface area contributed by atoms with Gasteiger partial charge in [-0.1, -0.05) is 18.2 Å². The Kier molecular flexibility index (Phi) is 2.42. The maximum atomic E-state index is 10.8. The van der Waals surface area contributed by atoms with Crippen LogP contribution < -0.4 is 0 Å². The van der Waals surface area contributed by atoms with Crippen LogP contribution in [-0.2, 0) is 11.8 Å². The van der Waals surface area contributed by atoms with Crippen molar-refractivity contribution in [2.45, 2.75) is 6.92 Å². The van der Waals surface area contributed by atoms with Gasteiger partial charge in [-0.3, -0.25) is 4.79 Å². The molecule has 2 nitrogen and oxygen atoms in total. The standard InChI is InChI=1S/C13H13NO/c1-10(15)7-8-12-9-11-5-3-4-6-13(11)14(12)2/h3-9H,1-2H3. The summed E-state index contributed by atoms with van der Waals surface area (Å²) in [4.78, 5) is 10.8. The number of carbonyl (C=O) groups excluding carboxylic acids is 1. The van der Waals surface area contributed by atoms with E-state index in [0.717, 1.165) is 5.69 Å². The van der Waals surface area contributed by atoms with Gasteiger partial charge in [0.15, 0.2) is 5.78 Å². The number of carbonyl (C=O) groups is 1. The molecule has 0 saturated heterocycles. The minimum absolute atomic E-state index is 0.0697. The first-order valence-electron chi connectivity index (χ1n) is 4.91. The van der Waals surface area contributed by atoms with Crippen LogP contribution in [0, 0.1) is 0 Å². The number of hydrogen-bond acceptors (Lipinski definition) is 1.